The molecule has 3 heterocycles. The van der Waals surface area contributed by atoms with Crippen molar-refractivity contribution in [1.29, 1.82) is 0 Å². The maximum Gasteiger partial charge on any atom is 0.329 e. The van der Waals surface area contributed by atoms with Crippen LogP contribution in [-0.4, -0.2) is 80.0 Å². The Morgan fingerprint density at radius 2 is 1.71 bits per heavy atom. The molecule has 1 spiro atoms. The smallest absolute Gasteiger partial charge is 0.329 e. The van der Waals surface area contributed by atoms with Gasteiger partial charge in [0.05, 0.1) is 38.6 Å². The molecule has 1 N–H and O–H groups in total. The van der Waals surface area contributed by atoms with Gasteiger partial charge in [0.25, 0.3) is 11.8 Å². The zero-order valence-electron chi connectivity index (χ0n) is 17.3. The van der Waals surface area contributed by atoms with E-state index in [1.807, 2.05) is 0 Å². The summed E-state index contributed by atoms with van der Waals surface area (Å²) < 4.78 is 21.4. The molecule has 31 heavy (non-hydrogen) atoms. The number of imide groups is 1. The number of esters is 2. The molecule has 4 rings (SSSR count). The molecule has 0 radical (unpaired) electrons. The van der Waals surface area contributed by atoms with Crippen LogP contribution in [0.4, 0.5) is 0 Å². The Morgan fingerprint density at radius 1 is 1.10 bits per heavy atom. The average molecular weight is 432 g/mol. The number of nitrogens with zero attached hydrogens (tertiary/aromatic N) is 1. The van der Waals surface area contributed by atoms with Gasteiger partial charge in [-0.1, -0.05) is 12.1 Å². The largest absolute Gasteiger partial charge is 0.468 e. The van der Waals surface area contributed by atoms with Crippen molar-refractivity contribution < 1.29 is 38.1 Å². The highest BCUT2D eigenvalue weighted by atomic mass is 16.7. The van der Waals surface area contributed by atoms with Crippen molar-refractivity contribution in [2.45, 2.75) is 43.2 Å². The third kappa shape index (κ3) is 3.82. The van der Waals surface area contributed by atoms with Crippen LogP contribution in [0, 0.1) is 0 Å². The van der Waals surface area contributed by atoms with Gasteiger partial charge >= 0.3 is 11.9 Å². The minimum Gasteiger partial charge on any atom is -0.468 e. The van der Waals surface area contributed by atoms with E-state index in [9.17, 15) is 19.2 Å². The van der Waals surface area contributed by atoms with E-state index in [2.05, 4.69) is 5.32 Å². The number of amides is 2. The maximum absolute atomic E-state index is 12.9. The molecule has 1 aromatic carbocycles. The van der Waals surface area contributed by atoms with Gasteiger partial charge in [0.15, 0.2) is 5.79 Å². The summed E-state index contributed by atoms with van der Waals surface area (Å²) in [6, 6.07) is 4.03. The van der Waals surface area contributed by atoms with Crippen LogP contribution in [0.5, 0.6) is 0 Å². The van der Waals surface area contributed by atoms with Crippen LogP contribution in [0.25, 0.3) is 0 Å². The van der Waals surface area contributed by atoms with Gasteiger partial charge in [0.2, 0.25) is 0 Å². The van der Waals surface area contributed by atoms with E-state index < -0.39 is 47.7 Å². The molecular formula is C21H24N2O8. The molecular weight excluding hydrogens is 408 g/mol. The zero-order chi connectivity index (χ0) is 22.2. The highest BCUT2D eigenvalue weighted by Gasteiger charge is 2.50. The lowest BCUT2D eigenvalue weighted by molar-refractivity contribution is -0.195. The highest BCUT2D eigenvalue weighted by Crippen LogP contribution is 2.36. The molecule has 3 atom stereocenters. The van der Waals surface area contributed by atoms with Crippen molar-refractivity contribution in [1.82, 2.24) is 10.2 Å². The molecule has 10 heteroatoms. The second-order valence-corrected chi connectivity index (χ2v) is 7.76. The van der Waals surface area contributed by atoms with Gasteiger partial charge in [0.1, 0.15) is 12.1 Å². The highest BCUT2D eigenvalue weighted by molar-refractivity contribution is 6.22. The third-order valence-electron chi connectivity index (χ3n) is 5.93. The quantitative estimate of drug-likeness (QED) is 0.516. The molecule has 3 aliphatic heterocycles. The van der Waals surface area contributed by atoms with Crippen molar-refractivity contribution >= 4 is 23.8 Å². The predicted molar refractivity (Wildman–Crippen MR) is 104 cm³/mol. The molecule has 2 amide bonds. The van der Waals surface area contributed by atoms with Gasteiger partial charge in [0, 0.05) is 18.9 Å². The van der Waals surface area contributed by atoms with Crippen LogP contribution in [0.1, 0.15) is 40.0 Å². The molecule has 0 aliphatic carbocycles. The molecule has 0 unspecified atom stereocenters. The Labute approximate surface area is 178 Å². The third-order valence-corrected chi connectivity index (χ3v) is 5.93. The van der Waals surface area contributed by atoms with Gasteiger partial charge in [-0.3, -0.25) is 19.3 Å². The van der Waals surface area contributed by atoms with Crippen molar-refractivity contribution in [3.05, 3.63) is 35.4 Å². The Hall–Kier alpha value is -2.82. The van der Waals surface area contributed by atoms with Gasteiger partial charge in [-0.15, -0.1) is 0 Å². The number of fused-ring (bicyclic) bond motifs is 1. The summed E-state index contributed by atoms with van der Waals surface area (Å²) in [5, 5.41) is 3.15. The van der Waals surface area contributed by atoms with E-state index in [1.165, 1.54) is 14.2 Å². The molecule has 1 aromatic rings. The number of carbonyl (C=O) groups is 4. The Balaban J connectivity index is 1.61. The second kappa shape index (κ2) is 8.37. The summed E-state index contributed by atoms with van der Waals surface area (Å²) in [5.41, 5.74) is 0.480. The molecule has 2 fully saturated rings. The second-order valence-electron chi connectivity index (χ2n) is 7.76. The maximum atomic E-state index is 12.9. The fraction of sp³-hybridized carbons (Fsp3) is 0.524. The zero-order valence-corrected chi connectivity index (χ0v) is 17.3. The SMILES string of the molecule is COC(=O)[C@@H]1CC2(C[C@H](C[C@@H](C(=O)OC)N3C(=O)c4ccccc4C3=O)N1)OCCO2. The van der Waals surface area contributed by atoms with Crippen molar-refractivity contribution in [3.63, 3.8) is 0 Å². The first-order valence-corrected chi connectivity index (χ1v) is 10.1. The van der Waals surface area contributed by atoms with E-state index in [0.29, 0.717) is 19.6 Å². The summed E-state index contributed by atoms with van der Waals surface area (Å²) in [6.07, 6.45) is 0.614. The van der Waals surface area contributed by atoms with Gasteiger partial charge < -0.3 is 24.3 Å². The number of methoxy groups -OCH3 is 2. The monoisotopic (exact) mass is 432 g/mol. The van der Waals surface area contributed by atoms with E-state index in [-0.39, 0.29) is 24.0 Å². The van der Waals surface area contributed by atoms with E-state index in [1.54, 1.807) is 24.3 Å². The molecule has 0 bridgehead atoms. The average Bonchev–Trinajstić information content (AvgIpc) is 3.33. The molecule has 2 saturated heterocycles. The van der Waals surface area contributed by atoms with Gasteiger partial charge in [-0.25, -0.2) is 4.79 Å². The minimum absolute atomic E-state index is 0.0279. The molecule has 0 saturated carbocycles. The summed E-state index contributed by atoms with van der Waals surface area (Å²) in [7, 11) is 2.48. The first-order chi connectivity index (χ1) is 14.9. The summed E-state index contributed by atoms with van der Waals surface area (Å²) >= 11 is 0. The summed E-state index contributed by atoms with van der Waals surface area (Å²) in [6.45, 7) is 0.777. The number of benzene rings is 1. The Kier molecular flexibility index (Phi) is 5.78. The van der Waals surface area contributed by atoms with E-state index >= 15 is 0 Å². The van der Waals surface area contributed by atoms with Crippen molar-refractivity contribution in [2.24, 2.45) is 0 Å². The van der Waals surface area contributed by atoms with Crippen LogP contribution in [-0.2, 0) is 28.5 Å². The summed E-state index contributed by atoms with van der Waals surface area (Å²) in [5.74, 6) is -3.31. The molecule has 0 aromatic heterocycles. The van der Waals surface area contributed by atoms with Gasteiger partial charge in [-0.2, -0.15) is 0 Å². The predicted octanol–water partition coefficient (Wildman–Crippen LogP) is 0.251. The number of nitrogens with one attached hydrogen (secondary N) is 1. The molecule has 166 valence electrons. The molecule has 10 nitrogen and oxygen atoms in total. The first kappa shape index (κ1) is 21.4. The topological polar surface area (TPSA) is 120 Å². The van der Waals surface area contributed by atoms with Crippen molar-refractivity contribution in [2.75, 3.05) is 27.4 Å². The van der Waals surface area contributed by atoms with Crippen LogP contribution < -0.4 is 5.32 Å². The summed E-state index contributed by atoms with van der Waals surface area (Å²) in [4.78, 5) is 51.7. The van der Waals surface area contributed by atoms with Crippen molar-refractivity contribution in [3.8, 4) is 0 Å². The minimum atomic E-state index is -1.18. The lowest BCUT2D eigenvalue weighted by Crippen LogP contribution is -2.59. The van der Waals surface area contributed by atoms with E-state index in [0.717, 1.165) is 4.90 Å². The standard InChI is InChI=1S/C21H24N2O8/c1-28-19(26)15-11-21(30-7-8-31-21)10-12(22-15)9-16(20(27)29-2)23-17(24)13-5-3-4-6-14(13)18(23)25/h3-6,12,15-16,22H,7-11H2,1-2H3/t12-,15-,16-/m0/s1. The number of rotatable bonds is 5. The van der Waals surface area contributed by atoms with Gasteiger partial charge in [-0.05, 0) is 18.6 Å². The Morgan fingerprint density at radius 3 is 2.26 bits per heavy atom. The number of piperidine rings is 1. The molecule has 3 aliphatic rings. The fourth-order valence-corrected chi connectivity index (χ4v) is 4.55. The van der Waals surface area contributed by atoms with Crippen LogP contribution in [0.15, 0.2) is 24.3 Å². The van der Waals surface area contributed by atoms with Crippen LogP contribution >= 0.6 is 0 Å². The number of carbonyl (C=O) groups excluding carboxylic acids is 4. The lowest BCUT2D eigenvalue weighted by atomic mass is 9.88. The normalized spacial score (nSPS) is 25.4. The Bertz CT molecular complexity index is 875. The van der Waals surface area contributed by atoms with E-state index in [4.69, 9.17) is 18.9 Å². The van der Waals surface area contributed by atoms with Crippen LogP contribution in [0.2, 0.25) is 0 Å². The number of hydrogen-bond acceptors (Lipinski definition) is 9. The fourth-order valence-electron chi connectivity index (χ4n) is 4.55. The lowest BCUT2D eigenvalue weighted by Gasteiger charge is -2.41. The first-order valence-electron chi connectivity index (χ1n) is 10.1. The number of ether oxygens (including phenoxy) is 4. The van der Waals surface area contributed by atoms with Crippen LogP contribution in [0.3, 0.4) is 0 Å². The number of hydrogen-bond donors (Lipinski definition) is 1.